The van der Waals surface area contributed by atoms with Gasteiger partial charge in [0.1, 0.15) is 0 Å². The van der Waals surface area contributed by atoms with Crippen molar-refractivity contribution in [2.24, 2.45) is 0 Å². The predicted molar refractivity (Wildman–Crippen MR) is 50.1 cm³/mol. The zero-order valence-corrected chi connectivity index (χ0v) is 7.67. The fourth-order valence-corrected chi connectivity index (χ4v) is 1.71. The monoisotopic (exact) mass is 160 g/mol. The van der Waals surface area contributed by atoms with Crippen molar-refractivity contribution in [2.75, 3.05) is 0 Å². The van der Waals surface area contributed by atoms with E-state index in [2.05, 4.69) is 43.4 Å². The molecule has 0 amide bonds. The highest BCUT2D eigenvalue weighted by Gasteiger charge is 2.24. The van der Waals surface area contributed by atoms with Crippen LogP contribution in [0, 0.1) is 0 Å². The standard InChI is InChI=1S/C11H14N/c1-11(2)7-9-5-3-4-6-10(9)8-12-11/h3-6H,7-8H2,1-2H3. The molecule has 0 N–H and O–H groups in total. The van der Waals surface area contributed by atoms with Gasteiger partial charge in [-0.1, -0.05) is 24.3 Å². The van der Waals surface area contributed by atoms with E-state index in [-0.39, 0.29) is 5.54 Å². The average molecular weight is 160 g/mol. The van der Waals surface area contributed by atoms with Crippen LogP contribution in [0.15, 0.2) is 24.3 Å². The van der Waals surface area contributed by atoms with Gasteiger partial charge in [-0.05, 0) is 31.4 Å². The Balaban J connectivity index is 2.35. The SMILES string of the molecule is CC1(C)Cc2ccccc2C[N]1. The summed E-state index contributed by atoms with van der Waals surface area (Å²) in [5.41, 5.74) is 3.02. The van der Waals surface area contributed by atoms with E-state index in [1.807, 2.05) is 0 Å². The Kier molecular flexibility index (Phi) is 1.69. The van der Waals surface area contributed by atoms with Crippen molar-refractivity contribution >= 4 is 0 Å². The van der Waals surface area contributed by atoms with Crippen LogP contribution in [0.2, 0.25) is 0 Å². The summed E-state index contributed by atoms with van der Waals surface area (Å²) in [6, 6.07) is 8.59. The molecule has 0 atom stereocenters. The molecule has 1 heteroatoms. The Labute approximate surface area is 73.8 Å². The van der Waals surface area contributed by atoms with Crippen molar-refractivity contribution in [3.05, 3.63) is 35.4 Å². The van der Waals surface area contributed by atoms with Crippen molar-refractivity contribution in [3.63, 3.8) is 0 Å². The van der Waals surface area contributed by atoms with Gasteiger partial charge < -0.3 is 0 Å². The maximum absolute atomic E-state index is 4.60. The highest BCUT2D eigenvalue weighted by Crippen LogP contribution is 2.23. The minimum absolute atomic E-state index is 0.147. The molecule has 1 aliphatic heterocycles. The molecule has 2 rings (SSSR count). The van der Waals surface area contributed by atoms with E-state index in [9.17, 15) is 0 Å². The number of hydrogen-bond acceptors (Lipinski definition) is 0. The Morgan fingerprint density at radius 1 is 1.17 bits per heavy atom. The smallest absolute Gasteiger partial charge is 0.0393 e. The Hall–Kier alpha value is -0.820. The predicted octanol–water partition coefficient (Wildman–Crippen LogP) is 2.13. The highest BCUT2D eigenvalue weighted by atomic mass is 15.0. The number of nitrogens with zero attached hydrogens (tertiary/aromatic N) is 1. The quantitative estimate of drug-likeness (QED) is 0.552. The summed E-state index contributed by atoms with van der Waals surface area (Å²) in [6.07, 6.45) is 1.09. The molecule has 1 aromatic rings. The number of benzene rings is 1. The summed E-state index contributed by atoms with van der Waals surface area (Å²) in [7, 11) is 0. The molecule has 0 fully saturated rings. The van der Waals surface area contributed by atoms with Gasteiger partial charge in [-0.3, -0.25) is 0 Å². The lowest BCUT2D eigenvalue weighted by Gasteiger charge is -2.30. The molecule has 1 aromatic carbocycles. The van der Waals surface area contributed by atoms with E-state index < -0.39 is 0 Å². The summed E-state index contributed by atoms with van der Waals surface area (Å²) in [5, 5.41) is 4.60. The van der Waals surface area contributed by atoms with E-state index in [1.54, 1.807) is 0 Å². The summed E-state index contributed by atoms with van der Waals surface area (Å²) >= 11 is 0. The van der Waals surface area contributed by atoms with Crippen LogP contribution >= 0.6 is 0 Å². The highest BCUT2D eigenvalue weighted by molar-refractivity contribution is 5.30. The molecule has 1 radical (unpaired) electrons. The first kappa shape index (κ1) is 7.81. The van der Waals surface area contributed by atoms with Crippen LogP contribution in [-0.2, 0) is 13.0 Å². The molecule has 1 nitrogen and oxygen atoms in total. The zero-order chi connectivity index (χ0) is 8.60. The van der Waals surface area contributed by atoms with Crippen LogP contribution in [0.1, 0.15) is 25.0 Å². The molecule has 0 saturated heterocycles. The minimum Gasteiger partial charge on any atom is -0.231 e. The third kappa shape index (κ3) is 1.37. The molecule has 12 heavy (non-hydrogen) atoms. The fourth-order valence-electron chi connectivity index (χ4n) is 1.71. The van der Waals surface area contributed by atoms with Crippen LogP contribution in [-0.4, -0.2) is 5.54 Å². The lowest BCUT2D eigenvalue weighted by atomic mass is 9.88. The van der Waals surface area contributed by atoms with Crippen molar-refractivity contribution in [1.29, 1.82) is 0 Å². The molecule has 1 aliphatic rings. The summed E-state index contributed by atoms with van der Waals surface area (Å²) in [5.74, 6) is 0. The van der Waals surface area contributed by atoms with Gasteiger partial charge in [0, 0.05) is 12.1 Å². The maximum atomic E-state index is 4.60. The molecule has 0 bridgehead atoms. The van der Waals surface area contributed by atoms with Gasteiger partial charge in [-0.25, -0.2) is 5.32 Å². The van der Waals surface area contributed by atoms with E-state index in [1.165, 1.54) is 11.1 Å². The van der Waals surface area contributed by atoms with Gasteiger partial charge in [0.25, 0.3) is 0 Å². The topological polar surface area (TPSA) is 14.1 Å². The molecule has 0 spiro atoms. The summed E-state index contributed by atoms with van der Waals surface area (Å²) in [4.78, 5) is 0. The van der Waals surface area contributed by atoms with Crippen LogP contribution in [0.4, 0.5) is 0 Å². The molecular weight excluding hydrogens is 146 g/mol. The third-order valence-electron chi connectivity index (χ3n) is 2.42. The number of fused-ring (bicyclic) bond motifs is 1. The van der Waals surface area contributed by atoms with Gasteiger partial charge in [-0.2, -0.15) is 0 Å². The van der Waals surface area contributed by atoms with Crippen LogP contribution in [0.3, 0.4) is 0 Å². The first-order valence-corrected chi connectivity index (χ1v) is 4.43. The van der Waals surface area contributed by atoms with Gasteiger partial charge in [0.2, 0.25) is 0 Å². The molecule has 0 aromatic heterocycles. The Bertz CT molecular complexity index is 289. The van der Waals surface area contributed by atoms with Crippen molar-refractivity contribution in [3.8, 4) is 0 Å². The second kappa shape index (κ2) is 2.60. The first-order valence-electron chi connectivity index (χ1n) is 4.43. The van der Waals surface area contributed by atoms with Gasteiger partial charge in [0.15, 0.2) is 0 Å². The first-order chi connectivity index (χ1) is 5.67. The van der Waals surface area contributed by atoms with E-state index >= 15 is 0 Å². The van der Waals surface area contributed by atoms with Gasteiger partial charge in [-0.15, -0.1) is 0 Å². The lowest BCUT2D eigenvalue weighted by molar-refractivity contribution is 0.353. The molecule has 0 unspecified atom stereocenters. The fraction of sp³-hybridized carbons (Fsp3) is 0.455. The second-order valence-electron chi connectivity index (χ2n) is 4.07. The maximum Gasteiger partial charge on any atom is 0.0393 e. The van der Waals surface area contributed by atoms with E-state index in [4.69, 9.17) is 0 Å². The molecule has 0 aliphatic carbocycles. The van der Waals surface area contributed by atoms with Crippen LogP contribution < -0.4 is 5.32 Å². The second-order valence-corrected chi connectivity index (χ2v) is 4.07. The third-order valence-corrected chi connectivity index (χ3v) is 2.42. The van der Waals surface area contributed by atoms with E-state index in [0.29, 0.717) is 0 Å². The average Bonchev–Trinajstić information content (AvgIpc) is 2.02. The summed E-state index contributed by atoms with van der Waals surface area (Å²) < 4.78 is 0. The Morgan fingerprint density at radius 3 is 2.58 bits per heavy atom. The minimum atomic E-state index is 0.147. The number of rotatable bonds is 0. The van der Waals surface area contributed by atoms with Crippen molar-refractivity contribution in [2.45, 2.75) is 32.4 Å². The van der Waals surface area contributed by atoms with Crippen molar-refractivity contribution in [1.82, 2.24) is 5.32 Å². The zero-order valence-electron chi connectivity index (χ0n) is 7.67. The largest absolute Gasteiger partial charge is 0.231 e. The Morgan fingerprint density at radius 2 is 1.83 bits per heavy atom. The van der Waals surface area contributed by atoms with Crippen LogP contribution in [0.5, 0.6) is 0 Å². The molecule has 63 valence electrons. The van der Waals surface area contributed by atoms with Gasteiger partial charge in [0.05, 0.1) is 0 Å². The normalized spacial score (nSPS) is 20.2. The lowest BCUT2D eigenvalue weighted by Crippen LogP contribution is -2.39. The molecule has 1 heterocycles. The molecular formula is C11H14N. The molecule has 0 saturated carbocycles. The summed E-state index contributed by atoms with van der Waals surface area (Å²) in [6.45, 7) is 5.29. The number of hydrogen-bond donors (Lipinski definition) is 0. The van der Waals surface area contributed by atoms with Crippen molar-refractivity contribution < 1.29 is 0 Å². The van der Waals surface area contributed by atoms with Gasteiger partial charge >= 0.3 is 0 Å². The van der Waals surface area contributed by atoms with Crippen LogP contribution in [0.25, 0.3) is 0 Å². The van der Waals surface area contributed by atoms with E-state index in [0.717, 1.165) is 13.0 Å².